The number of carbonyl (C=O) groups is 2. The summed E-state index contributed by atoms with van der Waals surface area (Å²) in [6, 6.07) is 17.0. The van der Waals surface area contributed by atoms with Crippen molar-refractivity contribution in [2.75, 3.05) is 18.4 Å². The van der Waals surface area contributed by atoms with E-state index in [1.165, 1.54) is 0 Å². The highest BCUT2D eigenvalue weighted by Gasteiger charge is 2.27. The molecule has 2 amide bonds. The molecule has 0 radical (unpaired) electrons. The van der Waals surface area contributed by atoms with Gasteiger partial charge in [-0.2, -0.15) is 5.10 Å². The number of aryl methyl sites for hydroxylation is 1. The number of anilines is 1. The summed E-state index contributed by atoms with van der Waals surface area (Å²) in [6.07, 6.45) is 5.10. The third kappa shape index (κ3) is 4.37. The Morgan fingerprint density at radius 3 is 2.31 bits per heavy atom. The second kappa shape index (κ2) is 8.31. The summed E-state index contributed by atoms with van der Waals surface area (Å²) in [7, 11) is 0. The fourth-order valence-corrected chi connectivity index (χ4v) is 3.60. The van der Waals surface area contributed by atoms with E-state index in [9.17, 15) is 9.59 Å². The van der Waals surface area contributed by atoms with Gasteiger partial charge in [-0.3, -0.25) is 9.59 Å². The summed E-state index contributed by atoms with van der Waals surface area (Å²) < 4.78 is 1.79. The van der Waals surface area contributed by atoms with Crippen LogP contribution in [0.15, 0.2) is 67.0 Å². The molecule has 4 rings (SSSR count). The molecule has 6 heteroatoms. The summed E-state index contributed by atoms with van der Waals surface area (Å²) in [5.41, 5.74) is 3.48. The van der Waals surface area contributed by atoms with Crippen molar-refractivity contribution < 1.29 is 9.59 Å². The molecule has 1 N–H and O–H groups in total. The topological polar surface area (TPSA) is 67.2 Å². The first kappa shape index (κ1) is 18.9. The number of hydrogen-bond donors (Lipinski definition) is 1. The van der Waals surface area contributed by atoms with Gasteiger partial charge in [0.1, 0.15) is 0 Å². The number of nitrogens with zero attached hydrogens (tertiary/aromatic N) is 3. The van der Waals surface area contributed by atoms with Crippen molar-refractivity contribution >= 4 is 17.5 Å². The number of hydrogen-bond acceptors (Lipinski definition) is 3. The minimum absolute atomic E-state index is 0.00936. The van der Waals surface area contributed by atoms with Crippen LogP contribution in [0.3, 0.4) is 0 Å². The van der Waals surface area contributed by atoms with Crippen LogP contribution in [0.1, 0.15) is 28.8 Å². The molecule has 6 nitrogen and oxygen atoms in total. The van der Waals surface area contributed by atoms with E-state index >= 15 is 0 Å². The molecule has 2 aromatic carbocycles. The molecule has 0 bridgehead atoms. The Hall–Kier alpha value is -3.41. The van der Waals surface area contributed by atoms with Gasteiger partial charge in [-0.25, -0.2) is 4.68 Å². The van der Waals surface area contributed by atoms with Gasteiger partial charge >= 0.3 is 0 Å². The second-order valence-electron chi connectivity index (χ2n) is 7.43. The van der Waals surface area contributed by atoms with Crippen LogP contribution in [0, 0.1) is 12.8 Å². The van der Waals surface area contributed by atoms with Crippen molar-refractivity contribution in [3.63, 3.8) is 0 Å². The minimum Gasteiger partial charge on any atom is -0.339 e. The van der Waals surface area contributed by atoms with Crippen LogP contribution in [0.2, 0.25) is 0 Å². The summed E-state index contributed by atoms with van der Waals surface area (Å²) in [6.45, 7) is 3.17. The first-order chi connectivity index (χ1) is 14.1. The monoisotopic (exact) mass is 388 g/mol. The molecule has 1 aliphatic rings. The van der Waals surface area contributed by atoms with E-state index in [2.05, 4.69) is 10.4 Å². The van der Waals surface area contributed by atoms with Gasteiger partial charge in [-0.05, 0) is 61.7 Å². The molecule has 148 valence electrons. The van der Waals surface area contributed by atoms with Crippen molar-refractivity contribution in [3.8, 4) is 5.69 Å². The molecule has 0 spiro atoms. The lowest BCUT2D eigenvalue weighted by Crippen LogP contribution is -2.41. The smallest absolute Gasteiger partial charge is 0.253 e. The van der Waals surface area contributed by atoms with E-state index in [0.717, 1.165) is 16.9 Å². The van der Waals surface area contributed by atoms with Gasteiger partial charge in [0.15, 0.2) is 0 Å². The fourth-order valence-electron chi connectivity index (χ4n) is 3.60. The Bertz CT molecular complexity index is 987. The molecular formula is C23H24N4O2. The van der Waals surface area contributed by atoms with Gasteiger partial charge in [-0.1, -0.05) is 18.2 Å². The van der Waals surface area contributed by atoms with Gasteiger partial charge < -0.3 is 10.2 Å². The number of likely N-dealkylation sites (tertiary alicyclic amines) is 1. The number of benzene rings is 2. The molecule has 0 unspecified atom stereocenters. The van der Waals surface area contributed by atoms with E-state index in [1.807, 2.05) is 72.6 Å². The van der Waals surface area contributed by atoms with Gasteiger partial charge in [-0.15, -0.1) is 0 Å². The Labute approximate surface area is 170 Å². The number of amides is 2. The molecule has 1 aliphatic heterocycles. The molecule has 2 heterocycles. The van der Waals surface area contributed by atoms with Crippen molar-refractivity contribution in [2.24, 2.45) is 5.92 Å². The minimum atomic E-state index is -0.0651. The molecule has 0 atom stereocenters. The molecule has 1 fully saturated rings. The molecule has 1 aromatic heterocycles. The quantitative estimate of drug-likeness (QED) is 0.742. The molecule has 3 aromatic rings. The van der Waals surface area contributed by atoms with Crippen molar-refractivity contribution in [2.45, 2.75) is 19.8 Å². The first-order valence-electron chi connectivity index (χ1n) is 9.87. The average Bonchev–Trinajstić information content (AvgIpc) is 3.20. The normalized spacial score (nSPS) is 14.6. The maximum atomic E-state index is 12.8. The van der Waals surface area contributed by atoms with Crippen LogP contribution < -0.4 is 5.32 Å². The number of nitrogens with one attached hydrogen (secondary N) is 1. The average molecular weight is 388 g/mol. The zero-order valence-corrected chi connectivity index (χ0v) is 16.4. The second-order valence-corrected chi connectivity index (χ2v) is 7.43. The van der Waals surface area contributed by atoms with E-state index in [-0.39, 0.29) is 17.7 Å². The van der Waals surface area contributed by atoms with Crippen LogP contribution in [-0.4, -0.2) is 39.6 Å². The number of piperidine rings is 1. The van der Waals surface area contributed by atoms with Gasteiger partial charge in [0.2, 0.25) is 5.91 Å². The Morgan fingerprint density at radius 2 is 1.69 bits per heavy atom. The predicted octanol–water partition coefficient (Wildman–Crippen LogP) is 3.67. The molecule has 0 saturated carbocycles. The van der Waals surface area contributed by atoms with Crippen molar-refractivity contribution in [3.05, 3.63) is 78.1 Å². The highest BCUT2D eigenvalue weighted by Crippen LogP contribution is 2.21. The number of rotatable bonds is 4. The largest absolute Gasteiger partial charge is 0.339 e. The molecule has 0 aliphatic carbocycles. The van der Waals surface area contributed by atoms with Crippen molar-refractivity contribution in [1.29, 1.82) is 0 Å². The van der Waals surface area contributed by atoms with Gasteiger partial charge in [0.05, 0.1) is 11.9 Å². The van der Waals surface area contributed by atoms with Crippen molar-refractivity contribution in [1.82, 2.24) is 14.7 Å². The number of carbonyl (C=O) groups excluding carboxylic acids is 2. The lowest BCUT2D eigenvalue weighted by atomic mass is 9.95. The standard InChI is InChI=1S/C23H24N4O2/c1-17-15-24-27(16-17)21-9-7-19(8-10-21)23(29)26-13-11-18(12-14-26)22(28)25-20-5-3-2-4-6-20/h2-10,15-16,18H,11-14H2,1H3,(H,25,28). The number of aromatic nitrogens is 2. The summed E-state index contributed by atoms with van der Waals surface area (Å²) >= 11 is 0. The third-order valence-electron chi connectivity index (χ3n) is 5.28. The van der Waals surface area contributed by atoms with E-state index < -0.39 is 0 Å². The zero-order chi connectivity index (χ0) is 20.2. The highest BCUT2D eigenvalue weighted by atomic mass is 16.2. The highest BCUT2D eigenvalue weighted by molar-refractivity contribution is 5.95. The van der Waals surface area contributed by atoms with E-state index in [0.29, 0.717) is 31.5 Å². The van der Waals surface area contributed by atoms with E-state index in [1.54, 1.807) is 10.9 Å². The fraction of sp³-hybridized carbons (Fsp3) is 0.261. The van der Waals surface area contributed by atoms with Crippen LogP contribution in [0.5, 0.6) is 0 Å². The molecule has 1 saturated heterocycles. The van der Waals surface area contributed by atoms with Crippen LogP contribution in [-0.2, 0) is 4.79 Å². The zero-order valence-electron chi connectivity index (χ0n) is 16.4. The lowest BCUT2D eigenvalue weighted by molar-refractivity contribution is -0.121. The Balaban J connectivity index is 1.33. The van der Waals surface area contributed by atoms with Gasteiger partial charge in [0, 0.05) is 36.5 Å². The summed E-state index contributed by atoms with van der Waals surface area (Å²) in [4.78, 5) is 27.1. The van der Waals surface area contributed by atoms with Crippen LogP contribution in [0.25, 0.3) is 5.69 Å². The maximum Gasteiger partial charge on any atom is 0.253 e. The molecular weight excluding hydrogens is 364 g/mol. The number of para-hydroxylation sites is 1. The Morgan fingerprint density at radius 1 is 1.00 bits per heavy atom. The first-order valence-corrected chi connectivity index (χ1v) is 9.87. The molecule has 29 heavy (non-hydrogen) atoms. The summed E-state index contributed by atoms with van der Waals surface area (Å²) in [5.74, 6) is -0.0260. The Kier molecular flexibility index (Phi) is 5.42. The lowest BCUT2D eigenvalue weighted by Gasteiger charge is -2.31. The van der Waals surface area contributed by atoms with Gasteiger partial charge in [0.25, 0.3) is 5.91 Å². The summed E-state index contributed by atoms with van der Waals surface area (Å²) in [5, 5.41) is 7.25. The maximum absolute atomic E-state index is 12.8. The SMILES string of the molecule is Cc1cnn(-c2ccc(C(=O)N3CCC(C(=O)Nc4ccccc4)CC3)cc2)c1. The van der Waals surface area contributed by atoms with E-state index in [4.69, 9.17) is 0 Å². The van der Waals surface area contributed by atoms with Crippen LogP contribution >= 0.6 is 0 Å². The van der Waals surface area contributed by atoms with Crippen LogP contribution in [0.4, 0.5) is 5.69 Å². The predicted molar refractivity (Wildman–Crippen MR) is 112 cm³/mol. The third-order valence-corrected chi connectivity index (χ3v) is 5.28.